The predicted molar refractivity (Wildman–Crippen MR) is 64.1 cm³/mol. The van der Waals surface area contributed by atoms with E-state index in [1.165, 1.54) is 24.9 Å². The van der Waals surface area contributed by atoms with E-state index < -0.39 is 34.4 Å². The zero-order valence-electron chi connectivity index (χ0n) is 10.3. The maximum Gasteiger partial charge on any atom is 0.249 e. The number of piperazine rings is 1. The summed E-state index contributed by atoms with van der Waals surface area (Å²) in [5.74, 6) is -1.51. The molecule has 1 unspecified atom stereocenters. The highest BCUT2D eigenvalue weighted by Crippen LogP contribution is 2.23. The van der Waals surface area contributed by atoms with E-state index in [2.05, 4.69) is 10.4 Å². The molecule has 0 aliphatic carbocycles. The van der Waals surface area contributed by atoms with Gasteiger partial charge in [-0.3, -0.25) is 19.6 Å². The second-order valence-corrected chi connectivity index (χ2v) is 6.05. The van der Waals surface area contributed by atoms with E-state index in [-0.39, 0.29) is 10.7 Å². The third-order valence-electron chi connectivity index (χ3n) is 2.78. The van der Waals surface area contributed by atoms with Gasteiger partial charge in [0, 0.05) is 13.2 Å². The normalized spacial score (nSPS) is 21.5. The minimum atomic E-state index is -4.04. The van der Waals surface area contributed by atoms with Gasteiger partial charge in [0.25, 0.3) is 0 Å². The van der Waals surface area contributed by atoms with Crippen molar-refractivity contribution in [1.29, 1.82) is 0 Å². The molecule has 2 rings (SSSR count). The molecule has 0 bridgehead atoms. The third-order valence-corrected chi connectivity index (χ3v) is 4.72. The van der Waals surface area contributed by atoms with Crippen molar-refractivity contribution in [2.75, 3.05) is 12.3 Å². The summed E-state index contributed by atoms with van der Waals surface area (Å²) in [6.45, 7) is 0.968. The minimum Gasteiger partial charge on any atom is -0.381 e. The molecule has 1 aromatic rings. The molecule has 1 aliphatic rings. The maximum absolute atomic E-state index is 12.4. The van der Waals surface area contributed by atoms with Crippen molar-refractivity contribution in [3.63, 3.8) is 0 Å². The van der Waals surface area contributed by atoms with Crippen molar-refractivity contribution in [3.8, 4) is 0 Å². The number of aryl methyl sites for hydroxylation is 1. The Balaban J connectivity index is 2.47. The average molecular weight is 287 g/mol. The Kier molecular flexibility index (Phi) is 3.06. The van der Waals surface area contributed by atoms with E-state index in [4.69, 9.17) is 5.73 Å². The predicted octanol–water partition coefficient (Wildman–Crippen LogP) is -1.96. The van der Waals surface area contributed by atoms with Crippen LogP contribution < -0.4 is 11.1 Å². The quantitative estimate of drug-likeness (QED) is 0.608. The summed E-state index contributed by atoms with van der Waals surface area (Å²) in [5, 5.41) is 5.80. The average Bonchev–Trinajstić information content (AvgIpc) is 2.63. The Morgan fingerprint density at radius 1 is 1.47 bits per heavy atom. The highest BCUT2D eigenvalue weighted by Gasteiger charge is 2.40. The van der Waals surface area contributed by atoms with Crippen LogP contribution in [0.1, 0.15) is 6.92 Å². The molecular weight excluding hydrogens is 274 g/mol. The second-order valence-electron chi connectivity index (χ2n) is 4.19. The summed E-state index contributed by atoms with van der Waals surface area (Å²) in [4.78, 5) is 22.6. The van der Waals surface area contributed by atoms with Gasteiger partial charge < -0.3 is 5.73 Å². The lowest BCUT2D eigenvalue weighted by atomic mass is 10.2. The lowest BCUT2D eigenvalue weighted by Gasteiger charge is -2.30. The summed E-state index contributed by atoms with van der Waals surface area (Å²) in [5.41, 5.74) is 5.53. The Bertz CT molecular complexity index is 650. The molecule has 1 aromatic heterocycles. The van der Waals surface area contributed by atoms with Crippen LogP contribution in [-0.2, 0) is 26.7 Å². The number of amides is 2. The fraction of sp³-hybridized carbons (Fsp3) is 0.444. The molecule has 104 valence electrons. The smallest absolute Gasteiger partial charge is 0.249 e. The molecule has 1 atom stereocenters. The molecule has 3 N–H and O–H groups in total. The number of nitrogen functional groups attached to an aromatic ring is 1. The number of sulfonamides is 1. The van der Waals surface area contributed by atoms with Crippen molar-refractivity contribution in [2.24, 2.45) is 7.05 Å². The van der Waals surface area contributed by atoms with Gasteiger partial charge in [0.15, 0.2) is 5.82 Å². The van der Waals surface area contributed by atoms with Gasteiger partial charge >= 0.3 is 0 Å². The molecule has 0 saturated carbocycles. The van der Waals surface area contributed by atoms with E-state index >= 15 is 0 Å². The standard InChI is InChI=1S/C9H13N5O4S/c1-5-9(16)11-7(15)4-14(5)19(17,18)6-3-13(2)12-8(6)10/h3,5H,4H2,1-2H3,(H2,10,12)(H,11,15,16). The third kappa shape index (κ3) is 2.19. The van der Waals surface area contributed by atoms with Crippen molar-refractivity contribution in [2.45, 2.75) is 17.9 Å². The zero-order valence-corrected chi connectivity index (χ0v) is 11.1. The van der Waals surface area contributed by atoms with Crippen LogP contribution in [0.4, 0.5) is 5.82 Å². The monoisotopic (exact) mass is 287 g/mol. The van der Waals surface area contributed by atoms with Gasteiger partial charge in [-0.25, -0.2) is 8.42 Å². The molecule has 0 spiro atoms. The molecule has 1 aliphatic heterocycles. The highest BCUT2D eigenvalue weighted by atomic mass is 32.2. The summed E-state index contributed by atoms with van der Waals surface area (Å²) in [7, 11) is -2.52. The fourth-order valence-corrected chi connectivity index (χ4v) is 3.44. The summed E-state index contributed by atoms with van der Waals surface area (Å²) in [6, 6.07) is -0.984. The van der Waals surface area contributed by atoms with Gasteiger partial charge in [0.2, 0.25) is 21.8 Å². The number of carbonyl (C=O) groups excluding carboxylic acids is 2. The topological polar surface area (TPSA) is 127 Å². The van der Waals surface area contributed by atoms with Crippen LogP contribution in [0.15, 0.2) is 11.1 Å². The molecule has 2 heterocycles. The lowest BCUT2D eigenvalue weighted by Crippen LogP contribution is -2.58. The first kappa shape index (κ1) is 13.5. The summed E-state index contributed by atoms with van der Waals surface area (Å²) >= 11 is 0. The van der Waals surface area contributed by atoms with Crippen LogP contribution in [0.2, 0.25) is 0 Å². The van der Waals surface area contributed by atoms with Gasteiger partial charge in [-0.15, -0.1) is 0 Å². The number of nitrogens with two attached hydrogens (primary N) is 1. The first-order valence-corrected chi connectivity index (χ1v) is 6.82. The lowest BCUT2D eigenvalue weighted by molar-refractivity contribution is -0.136. The molecule has 0 aromatic carbocycles. The number of hydrogen-bond acceptors (Lipinski definition) is 6. The van der Waals surface area contributed by atoms with Crippen molar-refractivity contribution in [1.82, 2.24) is 19.4 Å². The van der Waals surface area contributed by atoms with Crippen molar-refractivity contribution < 1.29 is 18.0 Å². The maximum atomic E-state index is 12.4. The molecule has 10 heteroatoms. The van der Waals surface area contributed by atoms with E-state index in [0.717, 1.165) is 4.31 Å². The molecule has 0 radical (unpaired) electrons. The van der Waals surface area contributed by atoms with E-state index in [1.807, 2.05) is 0 Å². The van der Waals surface area contributed by atoms with E-state index in [0.29, 0.717) is 0 Å². The van der Waals surface area contributed by atoms with E-state index in [9.17, 15) is 18.0 Å². The largest absolute Gasteiger partial charge is 0.381 e. The van der Waals surface area contributed by atoms with E-state index in [1.54, 1.807) is 0 Å². The Morgan fingerprint density at radius 2 is 2.11 bits per heavy atom. The van der Waals surface area contributed by atoms with Gasteiger partial charge in [-0.05, 0) is 6.92 Å². The molecule has 1 fully saturated rings. The number of hydrogen-bond donors (Lipinski definition) is 2. The van der Waals surface area contributed by atoms with Crippen molar-refractivity contribution >= 4 is 27.7 Å². The first-order chi connectivity index (χ1) is 8.73. The van der Waals surface area contributed by atoms with Crippen LogP contribution >= 0.6 is 0 Å². The Labute approximate surface area is 109 Å². The minimum absolute atomic E-state index is 0.173. The van der Waals surface area contributed by atoms with Crippen LogP contribution in [0.5, 0.6) is 0 Å². The van der Waals surface area contributed by atoms with Crippen LogP contribution in [-0.4, -0.2) is 46.9 Å². The molecular formula is C9H13N5O4S. The number of carbonyl (C=O) groups is 2. The number of aromatic nitrogens is 2. The summed E-state index contributed by atoms with van der Waals surface area (Å²) < 4.78 is 26.8. The molecule has 19 heavy (non-hydrogen) atoms. The molecule has 2 amide bonds. The SMILES string of the molecule is CC1C(=O)NC(=O)CN1S(=O)(=O)c1cn(C)nc1N. The number of rotatable bonds is 2. The fourth-order valence-electron chi connectivity index (χ4n) is 1.79. The number of nitrogens with zero attached hydrogens (tertiary/aromatic N) is 3. The molecule has 1 saturated heterocycles. The first-order valence-electron chi connectivity index (χ1n) is 5.38. The Morgan fingerprint density at radius 3 is 2.63 bits per heavy atom. The van der Waals surface area contributed by atoms with Gasteiger partial charge in [-0.2, -0.15) is 9.40 Å². The number of nitrogens with one attached hydrogen (secondary N) is 1. The second kappa shape index (κ2) is 4.31. The summed E-state index contributed by atoms with van der Waals surface area (Å²) in [6.07, 6.45) is 1.23. The Hall–Kier alpha value is -1.94. The number of anilines is 1. The van der Waals surface area contributed by atoms with Crippen LogP contribution in [0.25, 0.3) is 0 Å². The highest BCUT2D eigenvalue weighted by molar-refractivity contribution is 7.89. The van der Waals surface area contributed by atoms with Gasteiger partial charge in [0.1, 0.15) is 10.9 Å². The molecule has 9 nitrogen and oxygen atoms in total. The van der Waals surface area contributed by atoms with Crippen LogP contribution in [0.3, 0.4) is 0 Å². The van der Waals surface area contributed by atoms with Gasteiger partial charge in [-0.1, -0.05) is 0 Å². The zero-order chi connectivity index (χ0) is 14.4. The number of imide groups is 1. The van der Waals surface area contributed by atoms with Crippen molar-refractivity contribution in [3.05, 3.63) is 6.20 Å². The van der Waals surface area contributed by atoms with Gasteiger partial charge in [0.05, 0.1) is 6.54 Å². The van der Waals surface area contributed by atoms with Crippen LogP contribution in [0, 0.1) is 0 Å².